The van der Waals surface area contributed by atoms with Gasteiger partial charge in [-0.1, -0.05) is 18.2 Å². The van der Waals surface area contributed by atoms with Crippen molar-refractivity contribution >= 4 is 17.1 Å². The number of halogens is 1. The van der Waals surface area contributed by atoms with Gasteiger partial charge < -0.3 is 10.6 Å². The van der Waals surface area contributed by atoms with E-state index in [9.17, 15) is 4.39 Å². The van der Waals surface area contributed by atoms with Gasteiger partial charge in [0.05, 0.1) is 12.5 Å². The highest BCUT2D eigenvalue weighted by Crippen LogP contribution is 2.27. The summed E-state index contributed by atoms with van der Waals surface area (Å²) in [5.41, 5.74) is 7.60. The van der Waals surface area contributed by atoms with Gasteiger partial charge in [0.15, 0.2) is 0 Å². The van der Waals surface area contributed by atoms with Crippen LogP contribution >= 0.6 is 0 Å². The average Bonchev–Trinajstić information content (AvgIpc) is 2.39. The molecule has 4 heteroatoms. The van der Waals surface area contributed by atoms with Crippen molar-refractivity contribution in [2.75, 3.05) is 17.2 Å². The van der Waals surface area contributed by atoms with E-state index in [1.54, 1.807) is 6.07 Å². The highest BCUT2D eigenvalue weighted by Gasteiger charge is 2.10. The SMILES string of the molecule is N#CCCN(c1ccccc1)c1cc(N)cc(F)c1. The van der Waals surface area contributed by atoms with E-state index in [1.165, 1.54) is 12.1 Å². The molecule has 0 amide bonds. The predicted molar refractivity (Wildman–Crippen MR) is 74.5 cm³/mol. The minimum absolute atomic E-state index is 0.352. The van der Waals surface area contributed by atoms with Gasteiger partial charge >= 0.3 is 0 Å². The van der Waals surface area contributed by atoms with Crippen molar-refractivity contribution in [2.24, 2.45) is 0 Å². The van der Waals surface area contributed by atoms with Crippen molar-refractivity contribution in [1.29, 1.82) is 5.26 Å². The molecular formula is C15H14FN3. The van der Waals surface area contributed by atoms with Gasteiger partial charge in [-0.05, 0) is 30.3 Å². The summed E-state index contributed by atoms with van der Waals surface area (Å²) in [7, 11) is 0. The Morgan fingerprint density at radius 1 is 1.11 bits per heavy atom. The number of nitrogens with zero attached hydrogens (tertiary/aromatic N) is 2. The number of benzene rings is 2. The molecule has 0 saturated carbocycles. The Morgan fingerprint density at radius 2 is 1.84 bits per heavy atom. The molecule has 0 saturated heterocycles. The number of anilines is 3. The number of nitrogen functional groups attached to an aromatic ring is 1. The first-order valence-corrected chi connectivity index (χ1v) is 5.96. The van der Waals surface area contributed by atoms with Crippen molar-refractivity contribution in [3.63, 3.8) is 0 Å². The third kappa shape index (κ3) is 3.23. The molecule has 19 heavy (non-hydrogen) atoms. The Morgan fingerprint density at radius 3 is 2.47 bits per heavy atom. The van der Waals surface area contributed by atoms with Gasteiger partial charge in [-0.3, -0.25) is 0 Å². The zero-order valence-electron chi connectivity index (χ0n) is 10.4. The maximum atomic E-state index is 13.5. The third-order valence-corrected chi connectivity index (χ3v) is 2.73. The first-order valence-electron chi connectivity index (χ1n) is 5.96. The number of nitriles is 1. The van der Waals surface area contributed by atoms with Crippen LogP contribution in [-0.4, -0.2) is 6.54 Å². The number of hydrogen-bond donors (Lipinski definition) is 1. The summed E-state index contributed by atoms with van der Waals surface area (Å²) < 4.78 is 13.5. The normalized spacial score (nSPS) is 9.89. The topological polar surface area (TPSA) is 53.0 Å². The second-order valence-electron chi connectivity index (χ2n) is 4.14. The van der Waals surface area contributed by atoms with E-state index in [4.69, 9.17) is 11.0 Å². The lowest BCUT2D eigenvalue weighted by Crippen LogP contribution is -2.18. The minimum Gasteiger partial charge on any atom is -0.399 e. The van der Waals surface area contributed by atoms with Crippen LogP contribution in [0.5, 0.6) is 0 Å². The quantitative estimate of drug-likeness (QED) is 0.851. The molecule has 0 aliphatic rings. The molecule has 0 atom stereocenters. The maximum absolute atomic E-state index is 13.5. The smallest absolute Gasteiger partial charge is 0.127 e. The van der Waals surface area contributed by atoms with Crippen LogP contribution in [0.25, 0.3) is 0 Å². The van der Waals surface area contributed by atoms with E-state index in [0.717, 1.165) is 5.69 Å². The van der Waals surface area contributed by atoms with E-state index in [-0.39, 0.29) is 5.82 Å². The lowest BCUT2D eigenvalue weighted by atomic mass is 10.2. The van der Waals surface area contributed by atoms with Crippen LogP contribution < -0.4 is 10.6 Å². The zero-order valence-corrected chi connectivity index (χ0v) is 10.4. The maximum Gasteiger partial charge on any atom is 0.127 e. The van der Waals surface area contributed by atoms with E-state index < -0.39 is 0 Å². The summed E-state index contributed by atoms with van der Waals surface area (Å²) in [6.45, 7) is 0.489. The molecule has 0 fully saturated rings. The van der Waals surface area contributed by atoms with E-state index in [0.29, 0.717) is 24.3 Å². The van der Waals surface area contributed by atoms with Crippen molar-refractivity contribution in [2.45, 2.75) is 6.42 Å². The lowest BCUT2D eigenvalue weighted by molar-refractivity contribution is 0.628. The number of para-hydroxylation sites is 1. The van der Waals surface area contributed by atoms with Crippen molar-refractivity contribution in [1.82, 2.24) is 0 Å². The van der Waals surface area contributed by atoms with Crippen LogP contribution in [0, 0.1) is 17.1 Å². The van der Waals surface area contributed by atoms with Crippen LogP contribution in [0.1, 0.15) is 6.42 Å². The molecular weight excluding hydrogens is 241 g/mol. The summed E-state index contributed by atoms with van der Waals surface area (Å²) in [5, 5.41) is 8.74. The first-order chi connectivity index (χ1) is 9.20. The molecule has 0 bridgehead atoms. The Bertz CT molecular complexity index is 570. The van der Waals surface area contributed by atoms with Gasteiger partial charge in [0.1, 0.15) is 5.82 Å². The fourth-order valence-corrected chi connectivity index (χ4v) is 1.93. The summed E-state index contributed by atoms with van der Waals surface area (Å²) in [5.74, 6) is -0.382. The van der Waals surface area contributed by atoms with Crippen molar-refractivity contribution in [3.05, 3.63) is 54.3 Å². The third-order valence-electron chi connectivity index (χ3n) is 2.73. The Labute approximate surface area is 111 Å². The Kier molecular flexibility index (Phi) is 3.99. The molecule has 0 heterocycles. The summed E-state index contributed by atoms with van der Waals surface area (Å²) in [6.07, 6.45) is 0.352. The monoisotopic (exact) mass is 255 g/mol. The van der Waals surface area contributed by atoms with Crippen LogP contribution in [0.15, 0.2) is 48.5 Å². The van der Waals surface area contributed by atoms with Crippen LogP contribution in [-0.2, 0) is 0 Å². The molecule has 0 unspecified atom stereocenters. The van der Waals surface area contributed by atoms with Gasteiger partial charge in [0.2, 0.25) is 0 Å². The van der Waals surface area contributed by atoms with Crippen molar-refractivity contribution < 1.29 is 4.39 Å². The highest BCUT2D eigenvalue weighted by atomic mass is 19.1. The summed E-state index contributed by atoms with van der Waals surface area (Å²) in [6, 6.07) is 16.0. The van der Waals surface area contributed by atoms with Crippen LogP contribution in [0.2, 0.25) is 0 Å². The predicted octanol–water partition coefficient (Wildman–Crippen LogP) is 3.46. The lowest BCUT2D eigenvalue weighted by Gasteiger charge is -2.24. The van der Waals surface area contributed by atoms with Gasteiger partial charge in [0.25, 0.3) is 0 Å². The van der Waals surface area contributed by atoms with Crippen LogP contribution in [0.4, 0.5) is 21.5 Å². The van der Waals surface area contributed by atoms with E-state index >= 15 is 0 Å². The molecule has 0 aliphatic carbocycles. The Balaban J connectivity index is 2.40. The molecule has 0 aromatic heterocycles. The van der Waals surface area contributed by atoms with Crippen LogP contribution in [0.3, 0.4) is 0 Å². The van der Waals surface area contributed by atoms with Gasteiger partial charge in [-0.25, -0.2) is 4.39 Å². The molecule has 96 valence electrons. The number of hydrogen-bond acceptors (Lipinski definition) is 3. The summed E-state index contributed by atoms with van der Waals surface area (Å²) >= 11 is 0. The molecule has 2 aromatic carbocycles. The molecule has 3 nitrogen and oxygen atoms in total. The minimum atomic E-state index is -0.382. The van der Waals surface area contributed by atoms with Crippen molar-refractivity contribution in [3.8, 4) is 6.07 Å². The fraction of sp³-hybridized carbons (Fsp3) is 0.133. The Hall–Kier alpha value is -2.54. The molecule has 2 rings (SSSR count). The van der Waals surface area contributed by atoms with Gasteiger partial charge in [0, 0.05) is 23.6 Å². The highest BCUT2D eigenvalue weighted by molar-refractivity contribution is 5.66. The van der Waals surface area contributed by atoms with Gasteiger partial charge in [-0.15, -0.1) is 0 Å². The average molecular weight is 255 g/mol. The molecule has 0 spiro atoms. The molecule has 0 aliphatic heterocycles. The number of rotatable bonds is 4. The second-order valence-corrected chi connectivity index (χ2v) is 4.14. The standard InChI is InChI=1S/C15H14FN3/c16-12-9-13(18)11-15(10-12)19(8-4-7-17)14-5-2-1-3-6-14/h1-3,5-6,9-11H,4,8,18H2. The number of nitrogens with two attached hydrogens (primary N) is 1. The molecule has 2 aromatic rings. The molecule has 2 N–H and O–H groups in total. The largest absolute Gasteiger partial charge is 0.399 e. The second kappa shape index (κ2) is 5.87. The molecule has 0 radical (unpaired) electrons. The summed E-state index contributed by atoms with van der Waals surface area (Å²) in [4.78, 5) is 1.88. The first kappa shape index (κ1) is 12.9. The van der Waals surface area contributed by atoms with Gasteiger partial charge in [-0.2, -0.15) is 5.26 Å². The fourth-order valence-electron chi connectivity index (χ4n) is 1.93. The van der Waals surface area contributed by atoms with E-state index in [2.05, 4.69) is 6.07 Å². The zero-order chi connectivity index (χ0) is 13.7. The van der Waals surface area contributed by atoms with E-state index in [1.807, 2.05) is 35.2 Å².